The maximum Gasteiger partial charge on any atom is 0.338 e. The SMILES string of the molecule is CCOC(=O)C1=C(C)NC(=O)N[C@H]1c1ccc(OCC(=O)N/N=C/c2cccc(OC)c2OCc2ccccc2C#N)c(OC)c1. The van der Waals surface area contributed by atoms with Crippen molar-refractivity contribution < 1.29 is 38.1 Å². The Balaban J connectivity index is 1.42. The second-order valence-corrected chi connectivity index (χ2v) is 9.72. The van der Waals surface area contributed by atoms with Crippen molar-refractivity contribution in [3.8, 4) is 29.1 Å². The minimum atomic E-state index is -0.792. The number of methoxy groups -OCH3 is 2. The summed E-state index contributed by atoms with van der Waals surface area (Å²) in [4.78, 5) is 37.4. The lowest BCUT2D eigenvalue weighted by atomic mass is 9.95. The molecule has 13 nitrogen and oxygen atoms in total. The van der Waals surface area contributed by atoms with E-state index in [4.69, 9.17) is 23.7 Å². The second-order valence-electron chi connectivity index (χ2n) is 9.72. The number of nitriles is 1. The van der Waals surface area contributed by atoms with Crippen molar-refractivity contribution in [1.29, 1.82) is 5.26 Å². The molecule has 3 aromatic carbocycles. The Hall–Kier alpha value is -6.03. The monoisotopic (exact) mass is 627 g/mol. The highest BCUT2D eigenvalue weighted by molar-refractivity contribution is 5.95. The number of rotatable bonds is 13. The Bertz CT molecular complexity index is 1710. The molecular weight excluding hydrogens is 594 g/mol. The van der Waals surface area contributed by atoms with Gasteiger partial charge in [0.25, 0.3) is 5.91 Å². The first-order chi connectivity index (χ1) is 22.3. The van der Waals surface area contributed by atoms with Gasteiger partial charge in [-0.3, -0.25) is 4.79 Å². The van der Waals surface area contributed by atoms with Gasteiger partial charge in [0.1, 0.15) is 6.61 Å². The van der Waals surface area contributed by atoms with E-state index >= 15 is 0 Å². The molecule has 3 amide bonds. The number of hydrogen-bond donors (Lipinski definition) is 3. The van der Waals surface area contributed by atoms with Gasteiger partial charge in [-0.1, -0.05) is 30.3 Å². The number of hydrazone groups is 1. The smallest absolute Gasteiger partial charge is 0.338 e. The molecule has 4 rings (SSSR count). The van der Waals surface area contributed by atoms with Crippen LogP contribution < -0.4 is 35.0 Å². The van der Waals surface area contributed by atoms with Gasteiger partial charge in [0.05, 0.1) is 50.3 Å². The number of nitrogens with zero attached hydrogens (tertiary/aromatic N) is 2. The number of benzene rings is 3. The first kappa shape index (κ1) is 32.9. The topological polar surface area (TPSA) is 170 Å². The lowest BCUT2D eigenvalue weighted by molar-refractivity contribution is -0.139. The molecule has 238 valence electrons. The predicted molar refractivity (Wildman–Crippen MR) is 166 cm³/mol. The highest BCUT2D eigenvalue weighted by atomic mass is 16.5. The zero-order valence-electron chi connectivity index (χ0n) is 25.7. The van der Waals surface area contributed by atoms with Crippen LogP contribution in [-0.4, -0.2) is 51.6 Å². The van der Waals surface area contributed by atoms with Gasteiger partial charge in [0.15, 0.2) is 29.6 Å². The molecule has 0 spiro atoms. The molecule has 0 saturated carbocycles. The Morgan fingerprint density at radius 2 is 1.80 bits per heavy atom. The van der Waals surface area contributed by atoms with Crippen LogP contribution in [-0.2, 0) is 20.9 Å². The average molecular weight is 628 g/mol. The molecule has 1 atom stereocenters. The van der Waals surface area contributed by atoms with Crippen LogP contribution in [0.25, 0.3) is 0 Å². The summed E-state index contributed by atoms with van der Waals surface area (Å²) in [5.74, 6) is 0.254. The first-order valence-corrected chi connectivity index (χ1v) is 14.1. The standard InChI is InChI=1S/C33H33N5O8/c1-5-44-32(40)29-20(2)36-33(41)37-30(29)21-13-14-25(27(15-21)43-4)45-19-28(39)38-35-17-23-11-8-12-26(42-3)31(23)46-18-24-10-7-6-9-22(24)16-34/h6-15,17,30H,5,18-19H2,1-4H3,(H,38,39)(H2,36,37,41)/b35-17+/t30-/m0/s1. The molecule has 0 bridgehead atoms. The highest BCUT2D eigenvalue weighted by Gasteiger charge is 2.32. The number of urea groups is 1. The number of nitrogens with one attached hydrogen (secondary N) is 3. The van der Waals surface area contributed by atoms with Gasteiger partial charge in [0.2, 0.25) is 0 Å². The van der Waals surface area contributed by atoms with E-state index in [0.29, 0.717) is 39.4 Å². The molecule has 0 fully saturated rings. The minimum Gasteiger partial charge on any atom is -0.493 e. The molecule has 0 aliphatic carbocycles. The summed E-state index contributed by atoms with van der Waals surface area (Å²) < 4.78 is 27.7. The van der Waals surface area contributed by atoms with Gasteiger partial charge in [-0.05, 0) is 49.7 Å². The number of ether oxygens (including phenoxy) is 5. The number of carbonyl (C=O) groups is 3. The molecule has 0 unspecified atom stereocenters. The summed E-state index contributed by atoms with van der Waals surface area (Å²) in [6.45, 7) is 3.21. The average Bonchev–Trinajstić information content (AvgIpc) is 3.06. The Morgan fingerprint density at radius 1 is 1.02 bits per heavy atom. The third-order valence-electron chi connectivity index (χ3n) is 6.78. The largest absolute Gasteiger partial charge is 0.493 e. The molecule has 0 radical (unpaired) electrons. The number of esters is 1. The van der Waals surface area contributed by atoms with Crippen molar-refractivity contribution in [2.45, 2.75) is 26.5 Å². The summed E-state index contributed by atoms with van der Waals surface area (Å²) in [7, 11) is 2.93. The van der Waals surface area contributed by atoms with Crippen LogP contribution >= 0.6 is 0 Å². The summed E-state index contributed by atoms with van der Waals surface area (Å²) in [5.41, 5.74) is 5.32. The molecule has 13 heteroatoms. The van der Waals surface area contributed by atoms with Gasteiger partial charge in [-0.15, -0.1) is 0 Å². The van der Waals surface area contributed by atoms with E-state index in [1.54, 1.807) is 68.4 Å². The Kier molecular flexibility index (Phi) is 11.2. The lowest BCUT2D eigenvalue weighted by Gasteiger charge is -2.28. The number of carbonyl (C=O) groups excluding carboxylic acids is 3. The molecule has 3 aromatic rings. The Labute approximate surface area is 265 Å². The molecule has 0 aromatic heterocycles. The van der Waals surface area contributed by atoms with Crippen molar-refractivity contribution in [3.05, 3.63) is 94.2 Å². The van der Waals surface area contributed by atoms with Gasteiger partial charge >= 0.3 is 12.0 Å². The maximum atomic E-state index is 12.6. The molecule has 3 N–H and O–H groups in total. The molecular formula is C33H33N5O8. The van der Waals surface area contributed by atoms with Gasteiger partial charge in [0, 0.05) is 16.8 Å². The maximum absolute atomic E-state index is 12.6. The van der Waals surface area contributed by atoms with E-state index in [2.05, 4.69) is 27.2 Å². The predicted octanol–water partition coefficient (Wildman–Crippen LogP) is 3.87. The van der Waals surface area contributed by atoms with Gasteiger partial charge in [-0.25, -0.2) is 15.0 Å². The Morgan fingerprint density at radius 3 is 2.54 bits per heavy atom. The molecule has 1 heterocycles. The van der Waals surface area contributed by atoms with Gasteiger partial charge < -0.3 is 34.3 Å². The zero-order chi connectivity index (χ0) is 33.1. The van der Waals surface area contributed by atoms with Crippen molar-refractivity contribution in [2.75, 3.05) is 27.4 Å². The number of para-hydroxylation sites is 1. The minimum absolute atomic E-state index is 0.121. The lowest BCUT2D eigenvalue weighted by Crippen LogP contribution is -2.45. The van der Waals surface area contributed by atoms with E-state index in [1.165, 1.54) is 20.4 Å². The molecule has 1 aliphatic rings. The van der Waals surface area contributed by atoms with Crippen molar-refractivity contribution in [1.82, 2.24) is 16.1 Å². The van der Waals surface area contributed by atoms with Crippen LogP contribution in [0.3, 0.4) is 0 Å². The van der Waals surface area contributed by atoms with E-state index in [1.807, 2.05) is 6.07 Å². The van der Waals surface area contributed by atoms with Crippen LogP contribution in [0.5, 0.6) is 23.0 Å². The van der Waals surface area contributed by atoms with E-state index in [9.17, 15) is 19.6 Å². The third-order valence-corrected chi connectivity index (χ3v) is 6.78. The number of allylic oxidation sites excluding steroid dienone is 1. The molecule has 0 saturated heterocycles. The van der Waals surface area contributed by atoms with E-state index in [-0.39, 0.29) is 30.3 Å². The fraction of sp³-hybridized carbons (Fsp3) is 0.242. The van der Waals surface area contributed by atoms with Gasteiger partial charge in [-0.2, -0.15) is 10.4 Å². The summed E-state index contributed by atoms with van der Waals surface area (Å²) in [5, 5.41) is 18.7. The zero-order valence-corrected chi connectivity index (χ0v) is 25.7. The van der Waals surface area contributed by atoms with Crippen molar-refractivity contribution >= 4 is 24.1 Å². The summed E-state index contributed by atoms with van der Waals surface area (Å²) in [6.07, 6.45) is 1.41. The molecule has 46 heavy (non-hydrogen) atoms. The first-order valence-electron chi connectivity index (χ1n) is 14.1. The number of amides is 3. The van der Waals surface area contributed by atoms with Crippen LogP contribution in [0.2, 0.25) is 0 Å². The summed E-state index contributed by atoms with van der Waals surface area (Å²) >= 11 is 0. The van der Waals surface area contributed by atoms with Crippen molar-refractivity contribution in [2.24, 2.45) is 5.10 Å². The highest BCUT2D eigenvalue weighted by Crippen LogP contribution is 2.35. The number of hydrogen-bond acceptors (Lipinski definition) is 10. The van der Waals surface area contributed by atoms with E-state index in [0.717, 1.165) is 0 Å². The van der Waals surface area contributed by atoms with Crippen LogP contribution in [0.1, 0.15) is 42.1 Å². The molecule has 1 aliphatic heterocycles. The van der Waals surface area contributed by atoms with Crippen LogP contribution in [0.4, 0.5) is 4.79 Å². The fourth-order valence-electron chi connectivity index (χ4n) is 4.61. The second kappa shape index (κ2) is 15.6. The third kappa shape index (κ3) is 7.92. The van der Waals surface area contributed by atoms with Crippen molar-refractivity contribution in [3.63, 3.8) is 0 Å². The van der Waals surface area contributed by atoms with Crippen LogP contribution in [0.15, 0.2) is 77.0 Å². The normalized spacial score (nSPS) is 14.1. The fourth-order valence-corrected chi connectivity index (χ4v) is 4.61. The summed E-state index contributed by atoms with van der Waals surface area (Å²) in [6, 6.07) is 18.0. The van der Waals surface area contributed by atoms with E-state index < -0.39 is 30.6 Å². The van der Waals surface area contributed by atoms with Crippen LogP contribution in [0, 0.1) is 11.3 Å². The quantitative estimate of drug-likeness (QED) is 0.145.